The summed E-state index contributed by atoms with van der Waals surface area (Å²) in [5.41, 5.74) is -0.390. The third-order valence-electron chi connectivity index (χ3n) is 2.56. The van der Waals surface area contributed by atoms with Gasteiger partial charge in [0, 0.05) is 27.3 Å². The molecule has 9 heteroatoms. The molecule has 1 rings (SSSR count). The summed E-state index contributed by atoms with van der Waals surface area (Å²) < 4.78 is 10.00. The van der Waals surface area contributed by atoms with Crippen molar-refractivity contribution < 1.29 is 19.4 Å². The van der Waals surface area contributed by atoms with E-state index in [0.29, 0.717) is 26.3 Å². The molecule has 0 aliphatic carbocycles. The number of hydrogen-bond donors (Lipinski definition) is 1. The van der Waals surface area contributed by atoms with Gasteiger partial charge in [-0.15, -0.1) is 4.98 Å². The second-order valence-electron chi connectivity index (χ2n) is 3.90. The number of hydrogen-bond acceptors (Lipinski definition) is 6. The van der Waals surface area contributed by atoms with E-state index in [9.17, 15) is 4.79 Å². The zero-order valence-electron chi connectivity index (χ0n) is 11.7. The predicted octanol–water partition coefficient (Wildman–Crippen LogP) is 1.48. The number of halogens is 1. The first kappa shape index (κ1) is 17.1. The first-order chi connectivity index (χ1) is 10.0. The second kappa shape index (κ2) is 8.36. The molecule has 0 unspecified atom stereocenters. The predicted molar refractivity (Wildman–Crippen MR) is 76.2 cm³/mol. The zero-order valence-corrected chi connectivity index (χ0v) is 12.4. The van der Waals surface area contributed by atoms with Crippen molar-refractivity contribution in [3.05, 3.63) is 22.3 Å². The van der Waals surface area contributed by atoms with Crippen molar-refractivity contribution >= 4 is 29.2 Å². The summed E-state index contributed by atoms with van der Waals surface area (Å²) in [5, 5.41) is 8.75. The minimum Gasteiger partial charge on any atom is -0.476 e. The standard InChI is InChI=1S/C12H15ClN4O4/c1-14-10-11(15-8(12(18)19)9(13)16-10)17(4-6-20-2)5-7-21-3/h4-7H2,2-3H3,(H,18,19). The van der Waals surface area contributed by atoms with E-state index in [1.807, 2.05) is 0 Å². The number of aromatic nitrogens is 2. The fraction of sp³-hybridized carbons (Fsp3) is 0.500. The Kier molecular flexibility index (Phi) is 6.81. The Balaban J connectivity index is 3.23. The monoisotopic (exact) mass is 314 g/mol. The largest absolute Gasteiger partial charge is 0.476 e. The third-order valence-corrected chi connectivity index (χ3v) is 2.82. The number of methoxy groups -OCH3 is 2. The van der Waals surface area contributed by atoms with Crippen LogP contribution in [0.5, 0.6) is 0 Å². The number of aromatic carboxylic acids is 1. The Morgan fingerprint density at radius 2 is 1.90 bits per heavy atom. The van der Waals surface area contributed by atoms with Gasteiger partial charge in [0.1, 0.15) is 0 Å². The van der Waals surface area contributed by atoms with Crippen LogP contribution in [0.15, 0.2) is 0 Å². The van der Waals surface area contributed by atoms with E-state index >= 15 is 0 Å². The number of carboxylic acids is 1. The maximum atomic E-state index is 11.1. The van der Waals surface area contributed by atoms with E-state index in [2.05, 4.69) is 14.8 Å². The minimum atomic E-state index is -1.30. The fourth-order valence-corrected chi connectivity index (χ4v) is 1.75. The van der Waals surface area contributed by atoms with Gasteiger partial charge in [0.2, 0.25) is 5.69 Å². The number of nitrogens with zero attached hydrogens (tertiary/aromatic N) is 4. The van der Waals surface area contributed by atoms with Gasteiger partial charge in [-0.05, 0) is 11.6 Å². The molecule has 0 aliphatic rings. The van der Waals surface area contributed by atoms with Crippen LogP contribution >= 0.6 is 11.6 Å². The van der Waals surface area contributed by atoms with Crippen LogP contribution < -0.4 is 4.90 Å². The summed E-state index contributed by atoms with van der Waals surface area (Å²) in [6, 6.07) is 0. The molecular weight excluding hydrogens is 300 g/mol. The first-order valence-corrected chi connectivity index (χ1v) is 6.34. The van der Waals surface area contributed by atoms with Crippen LogP contribution in [0.2, 0.25) is 5.15 Å². The molecule has 0 radical (unpaired) electrons. The van der Waals surface area contributed by atoms with Crippen LogP contribution in [-0.2, 0) is 9.47 Å². The number of carbonyl (C=O) groups is 1. The molecule has 114 valence electrons. The average Bonchev–Trinajstić information content (AvgIpc) is 2.47. The smallest absolute Gasteiger partial charge is 0.360 e. The van der Waals surface area contributed by atoms with E-state index in [0.717, 1.165) is 0 Å². The molecule has 0 saturated heterocycles. The van der Waals surface area contributed by atoms with E-state index in [4.69, 9.17) is 32.8 Å². The van der Waals surface area contributed by atoms with E-state index < -0.39 is 5.97 Å². The van der Waals surface area contributed by atoms with Gasteiger partial charge in [-0.2, -0.15) is 0 Å². The number of ether oxygens (including phenoxy) is 2. The number of rotatable bonds is 8. The van der Waals surface area contributed by atoms with Crippen molar-refractivity contribution in [1.82, 2.24) is 9.97 Å². The van der Waals surface area contributed by atoms with Crippen molar-refractivity contribution in [2.75, 3.05) is 45.4 Å². The maximum Gasteiger partial charge on any atom is 0.360 e. The van der Waals surface area contributed by atoms with Crippen molar-refractivity contribution in [3.63, 3.8) is 0 Å². The van der Waals surface area contributed by atoms with Crippen LogP contribution in [0.25, 0.3) is 4.85 Å². The highest BCUT2D eigenvalue weighted by Crippen LogP contribution is 2.27. The van der Waals surface area contributed by atoms with Crippen molar-refractivity contribution in [1.29, 1.82) is 0 Å². The van der Waals surface area contributed by atoms with Crippen LogP contribution in [0.1, 0.15) is 10.5 Å². The summed E-state index contributed by atoms with van der Waals surface area (Å²) in [5.74, 6) is -1.21. The molecule has 0 aromatic carbocycles. The van der Waals surface area contributed by atoms with Gasteiger partial charge >= 0.3 is 11.8 Å². The molecule has 1 N–H and O–H groups in total. The average molecular weight is 315 g/mol. The van der Waals surface area contributed by atoms with E-state index in [1.54, 1.807) is 19.1 Å². The number of carboxylic acid groups (broad SMARTS) is 1. The highest BCUT2D eigenvalue weighted by molar-refractivity contribution is 6.32. The van der Waals surface area contributed by atoms with E-state index in [1.165, 1.54) is 0 Å². The lowest BCUT2D eigenvalue weighted by Crippen LogP contribution is -2.32. The van der Waals surface area contributed by atoms with E-state index in [-0.39, 0.29) is 22.5 Å². The molecule has 8 nitrogen and oxygen atoms in total. The fourth-order valence-electron chi connectivity index (χ4n) is 1.55. The van der Waals surface area contributed by atoms with Gasteiger partial charge < -0.3 is 24.3 Å². The summed E-state index contributed by atoms with van der Waals surface area (Å²) in [6.07, 6.45) is 0. The molecule has 1 heterocycles. The quantitative estimate of drug-likeness (QED) is 0.727. The molecular formula is C12H15ClN4O4. The maximum absolute atomic E-state index is 11.1. The van der Waals surface area contributed by atoms with Gasteiger partial charge in [0.05, 0.1) is 13.2 Å². The molecule has 0 amide bonds. The summed E-state index contributed by atoms with van der Waals surface area (Å²) >= 11 is 5.72. The SMILES string of the molecule is [C-]#[N+]c1nc(Cl)c(C(=O)O)nc1N(CCOC)CCOC. The molecule has 0 saturated carbocycles. The summed E-state index contributed by atoms with van der Waals surface area (Å²) in [4.78, 5) is 23.8. The van der Waals surface area contributed by atoms with Gasteiger partial charge in [0.15, 0.2) is 5.82 Å². The highest BCUT2D eigenvalue weighted by Gasteiger charge is 2.23. The Morgan fingerprint density at radius 3 is 2.33 bits per heavy atom. The van der Waals surface area contributed by atoms with Gasteiger partial charge in [-0.25, -0.2) is 9.78 Å². The molecule has 0 bridgehead atoms. The van der Waals surface area contributed by atoms with Crippen LogP contribution in [0, 0.1) is 6.57 Å². The lowest BCUT2D eigenvalue weighted by atomic mass is 10.4. The van der Waals surface area contributed by atoms with Crippen LogP contribution in [0.3, 0.4) is 0 Å². The van der Waals surface area contributed by atoms with Crippen LogP contribution in [-0.4, -0.2) is 61.6 Å². The lowest BCUT2D eigenvalue weighted by molar-refractivity contribution is 0.0690. The molecule has 0 aliphatic heterocycles. The van der Waals surface area contributed by atoms with Gasteiger partial charge in [-0.3, -0.25) is 0 Å². The second-order valence-corrected chi connectivity index (χ2v) is 4.26. The Morgan fingerprint density at radius 1 is 1.33 bits per heavy atom. The van der Waals surface area contributed by atoms with Gasteiger partial charge in [0.25, 0.3) is 5.15 Å². The molecule has 21 heavy (non-hydrogen) atoms. The topological polar surface area (TPSA) is 89.1 Å². The summed E-state index contributed by atoms with van der Waals surface area (Å²) in [6.45, 7) is 8.73. The van der Waals surface area contributed by atoms with Crippen molar-refractivity contribution in [3.8, 4) is 0 Å². The molecule has 0 atom stereocenters. The van der Waals surface area contributed by atoms with Gasteiger partial charge in [-0.1, -0.05) is 6.57 Å². The zero-order chi connectivity index (χ0) is 15.8. The third kappa shape index (κ3) is 4.53. The molecule has 1 aromatic rings. The van der Waals surface area contributed by atoms with Crippen molar-refractivity contribution in [2.45, 2.75) is 0 Å². The Labute approximate surface area is 127 Å². The Hall–Kier alpha value is -1.95. The molecule has 1 aromatic heterocycles. The first-order valence-electron chi connectivity index (χ1n) is 5.96. The molecule has 0 spiro atoms. The van der Waals surface area contributed by atoms with Crippen LogP contribution in [0.4, 0.5) is 11.6 Å². The highest BCUT2D eigenvalue weighted by atomic mass is 35.5. The molecule has 0 fully saturated rings. The normalized spacial score (nSPS) is 10.2. The Bertz CT molecular complexity index is 539. The minimum absolute atomic E-state index is 0.0581. The lowest BCUT2D eigenvalue weighted by Gasteiger charge is -2.24. The van der Waals surface area contributed by atoms with Crippen molar-refractivity contribution in [2.24, 2.45) is 0 Å². The number of anilines is 1. The summed E-state index contributed by atoms with van der Waals surface area (Å²) in [7, 11) is 3.08.